The Morgan fingerprint density at radius 3 is 2.50 bits per heavy atom. The molecule has 1 aromatic heterocycles. The van der Waals surface area contributed by atoms with Crippen LogP contribution >= 0.6 is 56.5 Å². The molecule has 0 fully saturated rings. The van der Waals surface area contributed by atoms with Crippen molar-refractivity contribution in [1.29, 1.82) is 0 Å². The number of rotatable bonds is 1. The van der Waals surface area contributed by atoms with Crippen LogP contribution in [0.5, 0.6) is 0 Å². The lowest BCUT2D eigenvalue weighted by atomic mass is 10.4. The quantitative estimate of drug-likeness (QED) is 0.524. The molecular formula is C6H3FI2O2S. The summed E-state index contributed by atoms with van der Waals surface area (Å²) in [7, 11) is 1.24. The van der Waals surface area contributed by atoms with Crippen LogP contribution in [0.3, 0.4) is 0 Å². The normalized spacial score (nSPS) is 10.0. The molecule has 0 amide bonds. The summed E-state index contributed by atoms with van der Waals surface area (Å²) < 4.78 is 18.8. The van der Waals surface area contributed by atoms with E-state index in [9.17, 15) is 9.18 Å². The van der Waals surface area contributed by atoms with Gasteiger partial charge < -0.3 is 4.74 Å². The number of thiophene rings is 1. The molecule has 0 aliphatic rings. The third-order valence-corrected chi connectivity index (χ3v) is 5.67. The van der Waals surface area contributed by atoms with E-state index in [1.807, 2.05) is 45.2 Å². The standard InChI is InChI=1S/C6H3FI2O2S/c1-11-6(10)4-2(7)3(8)5(9)12-4/h1H3. The fraction of sp³-hybridized carbons (Fsp3) is 0.167. The number of methoxy groups -OCH3 is 1. The molecule has 2 nitrogen and oxygen atoms in total. The Labute approximate surface area is 99.8 Å². The molecule has 0 aromatic carbocycles. The van der Waals surface area contributed by atoms with Gasteiger partial charge in [-0.2, -0.15) is 0 Å². The van der Waals surface area contributed by atoms with Crippen molar-refractivity contribution in [2.45, 2.75) is 0 Å². The molecule has 12 heavy (non-hydrogen) atoms. The van der Waals surface area contributed by atoms with Crippen LogP contribution in [0.4, 0.5) is 4.39 Å². The predicted octanol–water partition coefficient (Wildman–Crippen LogP) is 2.88. The van der Waals surface area contributed by atoms with Crippen LogP contribution in [0, 0.1) is 12.3 Å². The molecule has 1 rings (SSSR count). The van der Waals surface area contributed by atoms with E-state index < -0.39 is 11.8 Å². The van der Waals surface area contributed by atoms with Gasteiger partial charge in [-0.15, -0.1) is 11.3 Å². The van der Waals surface area contributed by atoms with Gasteiger partial charge in [-0.3, -0.25) is 0 Å². The SMILES string of the molecule is COC(=O)c1sc(I)c(I)c1F. The first kappa shape index (κ1) is 10.6. The van der Waals surface area contributed by atoms with Crippen molar-refractivity contribution >= 4 is 62.5 Å². The van der Waals surface area contributed by atoms with Gasteiger partial charge in [-0.25, -0.2) is 9.18 Å². The van der Waals surface area contributed by atoms with E-state index in [1.165, 1.54) is 7.11 Å². The minimum atomic E-state index is -0.613. The molecule has 0 aliphatic carbocycles. The number of hydrogen-bond acceptors (Lipinski definition) is 3. The van der Waals surface area contributed by atoms with Crippen LogP contribution in [0.2, 0.25) is 0 Å². The molecule has 1 heterocycles. The third kappa shape index (κ3) is 1.90. The van der Waals surface area contributed by atoms with Crippen molar-refractivity contribution in [3.05, 3.63) is 17.1 Å². The van der Waals surface area contributed by atoms with Gasteiger partial charge in [0, 0.05) is 0 Å². The summed E-state index contributed by atoms with van der Waals surface area (Å²) in [5, 5.41) is 0. The van der Waals surface area contributed by atoms with Gasteiger partial charge in [0.2, 0.25) is 0 Å². The van der Waals surface area contributed by atoms with Crippen LogP contribution in [-0.4, -0.2) is 13.1 Å². The second-order valence-electron chi connectivity index (χ2n) is 1.82. The predicted molar refractivity (Wildman–Crippen MR) is 61.1 cm³/mol. The highest BCUT2D eigenvalue weighted by atomic mass is 127. The van der Waals surface area contributed by atoms with Crippen molar-refractivity contribution in [3.63, 3.8) is 0 Å². The van der Waals surface area contributed by atoms with Crippen molar-refractivity contribution < 1.29 is 13.9 Å². The van der Waals surface area contributed by atoms with Crippen LogP contribution < -0.4 is 0 Å². The van der Waals surface area contributed by atoms with Crippen molar-refractivity contribution in [2.75, 3.05) is 7.11 Å². The molecule has 0 unspecified atom stereocenters. The van der Waals surface area contributed by atoms with E-state index in [2.05, 4.69) is 4.74 Å². The van der Waals surface area contributed by atoms with Gasteiger partial charge in [-0.1, -0.05) is 0 Å². The minimum absolute atomic E-state index is 0.0475. The van der Waals surface area contributed by atoms with Crippen molar-refractivity contribution in [2.24, 2.45) is 0 Å². The van der Waals surface area contributed by atoms with Crippen molar-refractivity contribution in [3.8, 4) is 0 Å². The summed E-state index contributed by atoms with van der Waals surface area (Å²) in [6.07, 6.45) is 0. The fourth-order valence-corrected chi connectivity index (χ4v) is 2.99. The van der Waals surface area contributed by atoms with Gasteiger partial charge in [0.25, 0.3) is 0 Å². The molecule has 6 heteroatoms. The lowest BCUT2D eigenvalue weighted by Gasteiger charge is -1.92. The zero-order valence-corrected chi connectivity index (χ0v) is 11.0. The van der Waals surface area contributed by atoms with E-state index in [4.69, 9.17) is 0 Å². The number of ether oxygens (including phenoxy) is 1. The summed E-state index contributed by atoms with van der Waals surface area (Å²) in [5.74, 6) is -1.09. The Balaban J connectivity index is 3.17. The highest BCUT2D eigenvalue weighted by molar-refractivity contribution is 14.1. The molecule has 66 valence electrons. The highest BCUT2D eigenvalue weighted by Crippen LogP contribution is 2.30. The average Bonchev–Trinajstić information content (AvgIpc) is 2.32. The number of halogens is 3. The average molecular weight is 412 g/mol. The molecule has 0 radical (unpaired) electrons. The van der Waals surface area contributed by atoms with E-state index in [1.54, 1.807) is 0 Å². The molecule has 0 atom stereocenters. The molecule has 0 saturated heterocycles. The van der Waals surface area contributed by atoms with Gasteiger partial charge in [-0.05, 0) is 45.2 Å². The Hall–Kier alpha value is 0.560. The summed E-state index contributed by atoms with van der Waals surface area (Å²) in [4.78, 5) is 11.0. The lowest BCUT2D eigenvalue weighted by molar-refractivity contribution is 0.0601. The van der Waals surface area contributed by atoms with E-state index in [0.29, 0.717) is 3.57 Å². The first-order chi connectivity index (χ1) is 5.57. The monoisotopic (exact) mass is 412 g/mol. The zero-order valence-electron chi connectivity index (χ0n) is 5.86. The van der Waals surface area contributed by atoms with Gasteiger partial charge in [0.05, 0.1) is 13.6 Å². The smallest absolute Gasteiger partial charge is 0.351 e. The van der Waals surface area contributed by atoms with Gasteiger partial charge in [0.1, 0.15) is 0 Å². The first-order valence-corrected chi connectivity index (χ1v) is 5.77. The topological polar surface area (TPSA) is 26.3 Å². The maximum absolute atomic E-state index is 13.2. The molecule has 1 aromatic rings. The Morgan fingerprint density at radius 2 is 2.17 bits per heavy atom. The van der Waals surface area contributed by atoms with E-state index >= 15 is 0 Å². The number of hydrogen-bond donors (Lipinski definition) is 0. The summed E-state index contributed by atoms with van der Waals surface area (Å²) >= 11 is 4.95. The van der Waals surface area contributed by atoms with Crippen molar-refractivity contribution in [1.82, 2.24) is 0 Å². The Bertz CT molecular complexity index is 324. The third-order valence-electron chi connectivity index (χ3n) is 1.13. The number of carbonyl (C=O) groups is 1. The second-order valence-corrected chi connectivity index (χ2v) is 5.73. The van der Waals surface area contributed by atoms with Crippen LogP contribution in [0.1, 0.15) is 9.67 Å². The minimum Gasteiger partial charge on any atom is -0.465 e. The van der Waals surface area contributed by atoms with Gasteiger partial charge >= 0.3 is 5.97 Å². The van der Waals surface area contributed by atoms with Crippen LogP contribution in [0.25, 0.3) is 0 Å². The maximum atomic E-state index is 13.2. The molecular weight excluding hydrogens is 409 g/mol. The molecule has 0 spiro atoms. The summed E-state index contributed by atoms with van der Waals surface area (Å²) in [6.45, 7) is 0. The molecule has 0 bridgehead atoms. The number of esters is 1. The van der Waals surface area contributed by atoms with Crippen LogP contribution in [0.15, 0.2) is 0 Å². The lowest BCUT2D eigenvalue weighted by Crippen LogP contribution is -2.00. The van der Waals surface area contributed by atoms with E-state index in [-0.39, 0.29) is 4.88 Å². The molecule has 0 aliphatic heterocycles. The Morgan fingerprint density at radius 1 is 1.58 bits per heavy atom. The summed E-state index contributed by atoms with van der Waals surface area (Å²) in [5.41, 5.74) is 0. The van der Waals surface area contributed by atoms with Gasteiger partial charge in [0.15, 0.2) is 10.7 Å². The molecule has 0 N–H and O–H groups in total. The summed E-state index contributed by atoms with van der Waals surface area (Å²) in [6, 6.07) is 0. The maximum Gasteiger partial charge on any atom is 0.351 e. The zero-order chi connectivity index (χ0) is 9.30. The number of carbonyl (C=O) groups excluding carboxylic acids is 1. The Kier molecular flexibility index (Phi) is 3.71. The highest BCUT2D eigenvalue weighted by Gasteiger charge is 2.20. The van der Waals surface area contributed by atoms with Crippen LogP contribution in [-0.2, 0) is 4.74 Å². The van der Waals surface area contributed by atoms with E-state index in [0.717, 1.165) is 14.2 Å². The fourth-order valence-electron chi connectivity index (χ4n) is 0.589. The first-order valence-electron chi connectivity index (χ1n) is 2.79. The largest absolute Gasteiger partial charge is 0.465 e. The second kappa shape index (κ2) is 4.18. The molecule has 0 saturated carbocycles.